The number of nitrogens with zero attached hydrogens (tertiary/aromatic N) is 1. The van der Waals surface area contributed by atoms with Crippen LogP contribution in [0.15, 0.2) is 60.7 Å². The number of carbonyl (C=O) groups excluding carboxylic acids is 1. The van der Waals surface area contributed by atoms with E-state index in [2.05, 4.69) is 5.32 Å². The normalized spacial score (nSPS) is 21.3. The molecule has 0 spiro atoms. The highest BCUT2D eigenvalue weighted by Crippen LogP contribution is 2.46. The van der Waals surface area contributed by atoms with E-state index in [0.29, 0.717) is 5.56 Å². The molecule has 1 atom stereocenters. The summed E-state index contributed by atoms with van der Waals surface area (Å²) in [6.07, 6.45) is -4.59. The second kappa shape index (κ2) is 5.61. The lowest BCUT2D eigenvalue weighted by atomic mass is 9.88. The van der Waals surface area contributed by atoms with E-state index in [1.807, 2.05) is 0 Å². The molecule has 1 aliphatic heterocycles. The minimum atomic E-state index is -4.59. The topological polar surface area (TPSA) is 32.3 Å². The first-order valence-electron chi connectivity index (χ1n) is 7.17. The van der Waals surface area contributed by atoms with Gasteiger partial charge < -0.3 is 10.2 Å². The van der Waals surface area contributed by atoms with Crippen molar-refractivity contribution in [2.45, 2.75) is 18.3 Å². The van der Waals surface area contributed by atoms with Gasteiger partial charge in [-0.3, -0.25) is 0 Å². The van der Waals surface area contributed by atoms with Gasteiger partial charge in [-0.1, -0.05) is 60.7 Å². The van der Waals surface area contributed by atoms with Crippen molar-refractivity contribution in [1.82, 2.24) is 10.2 Å². The van der Waals surface area contributed by atoms with Crippen LogP contribution in [0.5, 0.6) is 0 Å². The van der Waals surface area contributed by atoms with Gasteiger partial charge in [-0.15, -0.1) is 0 Å². The maximum absolute atomic E-state index is 14.0. The molecule has 1 N–H and O–H groups in total. The Labute approximate surface area is 131 Å². The van der Waals surface area contributed by atoms with Gasteiger partial charge in [0.25, 0.3) is 0 Å². The smallest absolute Gasteiger partial charge is 0.335 e. The Hall–Kier alpha value is -2.50. The van der Waals surface area contributed by atoms with Crippen molar-refractivity contribution >= 4 is 6.03 Å². The molecule has 0 aromatic heterocycles. The van der Waals surface area contributed by atoms with Crippen LogP contribution in [0, 0.1) is 0 Å². The monoisotopic (exact) mass is 320 g/mol. The van der Waals surface area contributed by atoms with Crippen LogP contribution in [-0.2, 0) is 12.1 Å². The van der Waals surface area contributed by atoms with Gasteiger partial charge in [0.1, 0.15) is 0 Å². The van der Waals surface area contributed by atoms with Gasteiger partial charge in [-0.05, 0) is 11.1 Å². The number of urea groups is 1. The summed E-state index contributed by atoms with van der Waals surface area (Å²) >= 11 is 0. The first-order chi connectivity index (χ1) is 10.9. The number of nitrogens with one attached hydrogen (secondary N) is 1. The van der Waals surface area contributed by atoms with Crippen LogP contribution in [0.1, 0.15) is 11.1 Å². The summed E-state index contributed by atoms with van der Waals surface area (Å²) in [6, 6.07) is 15.5. The second-order valence-corrected chi connectivity index (χ2v) is 5.45. The van der Waals surface area contributed by atoms with Crippen molar-refractivity contribution in [3.63, 3.8) is 0 Å². The summed E-state index contributed by atoms with van der Waals surface area (Å²) in [7, 11) is 0. The molecule has 6 heteroatoms. The Morgan fingerprint density at radius 2 is 1.57 bits per heavy atom. The Bertz CT molecular complexity index is 688. The number of carbonyl (C=O) groups is 1. The van der Waals surface area contributed by atoms with E-state index in [9.17, 15) is 18.0 Å². The molecular weight excluding hydrogens is 305 g/mol. The molecule has 0 bridgehead atoms. The number of hydrogen-bond donors (Lipinski definition) is 1. The fourth-order valence-electron chi connectivity index (χ4n) is 2.93. The molecule has 1 saturated heterocycles. The third kappa shape index (κ3) is 2.54. The molecule has 120 valence electrons. The summed E-state index contributed by atoms with van der Waals surface area (Å²) in [4.78, 5) is 13.0. The van der Waals surface area contributed by atoms with Gasteiger partial charge in [-0.2, -0.15) is 13.2 Å². The van der Waals surface area contributed by atoms with Crippen LogP contribution in [0.2, 0.25) is 0 Å². The third-order valence-electron chi connectivity index (χ3n) is 4.11. The number of amides is 2. The second-order valence-electron chi connectivity index (χ2n) is 5.45. The standard InChI is InChI=1S/C17H15F3N2O/c18-17(19,20)16(14-9-5-2-6-10-14)12-21-15(23)22(16)11-13-7-3-1-4-8-13/h1-10H,11-12H2,(H,21,23)/t16-/m0/s1. The maximum Gasteiger partial charge on any atom is 0.417 e. The van der Waals surface area contributed by atoms with Crippen LogP contribution in [0.25, 0.3) is 0 Å². The fourth-order valence-corrected chi connectivity index (χ4v) is 2.93. The van der Waals surface area contributed by atoms with Gasteiger partial charge in [0.2, 0.25) is 0 Å². The molecule has 1 heterocycles. The molecule has 1 fully saturated rings. The molecule has 3 nitrogen and oxygen atoms in total. The van der Waals surface area contributed by atoms with Crippen LogP contribution in [-0.4, -0.2) is 23.7 Å². The first kappa shape index (κ1) is 15.4. The molecule has 23 heavy (non-hydrogen) atoms. The lowest BCUT2D eigenvalue weighted by Crippen LogP contribution is -2.54. The van der Waals surface area contributed by atoms with E-state index >= 15 is 0 Å². The lowest BCUT2D eigenvalue weighted by molar-refractivity contribution is -0.220. The average molecular weight is 320 g/mol. The Balaban J connectivity index is 2.08. The van der Waals surface area contributed by atoms with E-state index in [-0.39, 0.29) is 12.1 Å². The Morgan fingerprint density at radius 1 is 1.00 bits per heavy atom. The van der Waals surface area contributed by atoms with E-state index in [0.717, 1.165) is 4.90 Å². The Kier molecular flexibility index (Phi) is 3.75. The SMILES string of the molecule is O=C1NC[C@](c2ccccc2)(C(F)(F)F)N1Cc1ccccc1. The van der Waals surface area contributed by atoms with Gasteiger partial charge >= 0.3 is 12.2 Å². The van der Waals surface area contributed by atoms with Crippen LogP contribution in [0.4, 0.5) is 18.0 Å². The average Bonchev–Trinajstić information content (AvgIpc) is 2.87. The minimum absolute atomic E-state index is 0.0572. The number of benzene rings is 2. The zero-order chi connectivity index (χ0) is 16.5. The highest BCUT2D eigenvalue weighted by molar-refractivity contribution is 5.78. The molecule has 0 radical (unpaired) electrons. The van der Waals surface area contributed by atoms with Crippen LogP contribution < -0.4 is 5.32 Å². The van der Waals surface area contributed by atoms with E-state index in [1.54, 1.807) is 48.5 Å². The predicted octanol–water partition coefficient (Wildman–Crippen LogP) is 3.67. The zero-order valence-electron chi connectivity index (χ0n) is 12.2. The van der Waals surface area contributed by atoms with Gasteiger partial charge in [0, 0.05) is 6.54 Å². The number of halogens is 3. The number of hydrogen-bond acceptors (Lipinski definition) is 1. The first-order valence-corrected chi connectivity index (χ1v) is 7.17. The molecule has 2 aromatic carbocycles. The van der Waals surface area contributed by atoms with Crippen molar-refractivity contribution in [2.75, 3.05) is 6.54 Å². The van der Waals surface area contributed by atoms with Crippen LogP contribution in [0.3, 0.4) is 0 Å². The lowest BCUT2D eigenvalue weighted by Gasteiger charge is -2.39. The summed E-state index contributed by atoms with van der Waals surface area (Å²) in [5.74, 6) is 0. The Morgan fingerprint density at radius 3 is 2.13 bits per heavy atom. The van der Waals surface area contributed by atoms with Crippen molar-refractivity contribution in [3.05, 3.63) is 71.8 Å². The molecule has 0 aliphatic carbocycles. The minimum Gasteiger partial charge on any atom is -0.335 e. The maximum atomic E-state index is 14.0. The predicted molar refractivity (Wildman–Crippen MR) is 79.6 cm³/mol. The van der Waals surface area contributed by atoms with Gasteiger partial charge in [0.15, 0.2) is 5.54 Å². The fraction of sp³-hybridized carbons (Fsp3) is 0.235. The summed E-state index contributed by atoms with van der Waals surface area (Å²) < 4.78 is 42.0. The van der Waals surface area contributed by atoms with E-state index in [4.69, 9.17) is 0 Å². The van der Waals surface area contributed by atoms with E-state index in [1.165, 1.54) is 12.1 Å². The number of rotatable bonds is 3. The van der Waals surface area contributed by atoms with Gasteiger partial charge in [0.05, 0.1) is 6.54 Å². The van der Waals surface area contributed by atoms with Crippen LogP contribution >= 0.6 is 0 Å². The molecule has 1 aliphatic rings. The summed E-state index contributed by atoms with van der Waals surface area (Å²) in [5, 5.41) is 2.35. The van der Waals surface area contributed by atoms with Crippen molar-refractivity contribution < 1.29 is 18.0 Å². The van der Waals surface area contributed by atoms with Crippen molar-refractivity contribution in [1.29, 1.82) is 0 Å². The summed E-state index contributed by atoms with van der Waals surface area (Å²) in [5.41, 5.74) is -1.66. The molecule has 0 unspecified atom stereocenters. The largest absolute Gasteiger partial charge is 0.417 e. The number of alkyl halides is 3. The highest BCUT2D eigenvalue weighted by atomic mass is 19.4. The molecule has 2 aromatic rings. The van der Waals surface area contributed by atoms with Crippen molar-refractivity contribution in [2.24, 2.45) is 0 Å². The molecule has 3 rings (SSSR count). The third-order valence-corrected chi connectivity index (χ3v) is 4.11. The van der Waals surface area contributed by atoms with E-state index < -0.39 is 24.3 Å². The molecule has 2 amide bonds. The molecular formula is C17H15F3N2O. The molecule has 0 saturated carbocycles. The van der Waals surface area contributed by atoms with Crippen molar-refractivity contribution in [3.8, 4) is 0 Å². The van der Waals surface area contributed by atoms with Gasteiger partial charge in [-0.25, -0.2) is 4.79 Å². The highest BCUT2D eigenvalue weighted by Gasteiger charge is 2.64. The quantitative estimate of drug-likeness (QED) is 0.919. The summed E-state index contributed by atoms with van der Waals surface area (Å²) in [6.45, 7) is -0.604. The zero-order valence-corrected chi connectivity index (χ0v) is 12.2.